The van der Waals surface area contributed by atoms with Crippen LogP contribution in [0.5, 0.6) is 0 Å². The van der Waals surface area contributed by atoms with Gasteiger partial charge in [-0.3, -0.25) is 4.79 Å². The fraction of sp³-hybridized carbons (Fsp3) is 0.824. The third-order valence-electron chi connectivity index (χ3n) is 4.87. The fourth-order valence-corrected chi connectivity index (χ4v) is 3.64. The Bertz CT molecular complexity index is 394. The summed E-state index contributed by atoms with van der Waals surface area (Å²) in [4.78, 5) is 11.7. The van der Waals surface area contributed by atoms with Gasteiger partial charge in [-0.2, -0.15) is 0 Å². The second-order valence-corrected chi connectivity index (χ2v) is 7.58. The molecule has 2 aliphatic rings. The second kappa shape index (κ2) is 4.96. The first-order chi connectivity index (χ1) is 8.76. The Morgan fingerprint density at radius 3 is 2.74 bits per heavy atom. The van der Waals surface area contributed by atoms with Crippen LogP contribution in [0, 0.1) is 22.7 Å². The average Bonchev–Trinajstić information content (AvgIpc) is 2.86. The van der Waals surface area contributed by atoms with Crippen molar-refractivity contribution in [3.05, 3.63) is 11.6 Å². The molecule has 0 radical (unpaired) electrons. The summed E-state index contributed by atoms with van der Waals surface area (Å²) in [5.41, 5.74) is 2.25. The zero-order chi connectivity index (χ0) is 14.3. The molecule has 0 N–H and O–H groups in total. The van der Waals surface area contributed by atoms with Crippen LogP contribution in [-0.2, 0) is 9.53 Å². The van der Waals surface area contributed by atoms with E-state index < -0.39 is 0 Å². The number of rotatable bonds is 4. The zero-order valence-corrected chi connectivity index (χ0v) is 13.1. The van der Waals surface area contributed by atoms with Gasteiger partial charge in [-0.15, -0.1) is 0 Å². The lowest BCUT2D eigenvalue weighted by Crippen LogP contribution is -2.17. The summed E-state index contributed by atoms with van der Waals surface area (Å²) in [6.45, 7) is 11.6. The molecule has 0 heterocycles. The lowest BCUT2D eigenvalue weighted by Gasteiger charge is -2.27. The molecule has 0 aromatic rings. The molecule has 19 heavy (non-hydrogen) atoms. The Labute approximate surface area is 117 Å². The monoisotopic (exact) mass is 264 g/mol. The van der Waals surface area contributed by atoms with Gasteiger partial charge in [0.25, 0.3) is 0 Å². The van der Waals surface area contributed by atoms with Crippen molar-refractivity contribution in [2.24, 2.45) is 22.7 Å². The normalized spacial score (nSPS) is 33.7. The number of esters is 1. The van der Waals surface area contributed by atoms with Gasteiger partial charge in [-0.05, 0) is 48.9 Å². The first kappa shape index (κ1) is 14.6. The lowest BCUT2D eigenvalue weighted by molar-refractivity contribution is -0.143. The molecule has 0 unspecified atom stereocenters. The third-order valence-corrected chi connectivity index (χ3v) is 4.87. The number of ether oxygens (including phenoxy) is 1. The van der Waals surface area contributed by atoms with Gasteiger partial charge in [0.15, 0.2) is 0 Å². The minimum absolute atomic E-state index is 0.0598. The second-order valence-electron chi connectivity index (χ2n) is 7.58. The molecule has 0 aromatic heterocycles. The number of hydrogen-bond donors (Lipinski definition) is 0. The molecule has 2 heteroatoms. The Hall–Kier alpha value is -0.790. The highest BCUT2D eigenvalue weighted by molar-refractivity contribution is 5.70. The van der Waals surface area contributed by atoms with Crippen LogP contribution in [0.25, 0.3) is 0 Å². The third kappa shape index (κ3) is 3.40. The van der Waals surface area contributed by atoms with Crippen LogP contribution in [-0.4, -0.2) is 12.6 Å². The molecule has 1 fully saturated rings. The maximum atomic E-state index is 11.7. The quantitative estimate of drug-likeness (QED) is 0.557. The highest BCUT2D eigenvalue weighted by Gasteiger charge is 2.52. The smallest absolute Gasteiger partial charge is 0.306 e. The van der Waals surface area contributed by atoms with E-state index in [0.717, 1.165) is 12.3 Å². The molecular formula is C17H28O2. The van der Waals surface area contributed by atoms with Crippen molar-refractivity contribution in [2.75, 3.05) is 6.61 Å². The topological polar surface area (TPSA) is 26.3 Å². The largest absolute Gasteiger partial charge is 0.466 e. The number of carbonyl (C=O) groups excluding carboxylic acids is 1. The van der Waals surface area contributed by atoms with Crippen LogP contribution in [0.3, 0.4) is 0 Å². The SMILES string of the molecule is CCOC(=O)C[C@H](C)C1=C[C@]2(C)C[C@H]2CC(C)(C)C1. The van der Waals surface area contributed by atoms with Crippen LogP contribution in [0.4, 0.5) is 0 Å². The van der Waals surface area contributed by atoms with Gasteiger partial charge in [0.05, 0.1) is 13.0 Å². The molecule has 3 atom stereocenters. The Kier molecular flexibility index (Phi) is 3.81. The summed E-state index contributed by atoms with van der Waals surface area (Å²) < 4.78 is 5.08. The molecule has 1 saturated carbocycles. The average molecular weight is 264 g/mol. The van der Waals surface area contributed by atoms with E-state index in [1.54, 1.807) is 0 Å². The van der Waals surface area contributed by atoms with Gasteiger partial charge in [-0.1, -0.05) is 39.3 Å². The molecule has 0 aliphatic heterocycles. The van der Waals surface area contributed by atoms with Crippen LogP contribution in [0.2, 0.25) is 0 Å². The number of hydrogen-bond acceptors (Lipinski definition) is 2. The molecule has 2 nitrogen and oxygen atoms in total. The van der Waals surface area contributed by atoms with Crippen molar-refractivity contribution >= 4 is 5.97 Å². The lowest BCUT2D eigenvalue weighted by atomic mass is 9.78. The van der Waals surface area contributed by atoms with E-state index in [1.807, 2.05) is 6.92 Å². The molecule has 0 spiro atoms. The summed E-state index contributed by atoms with van der Waals surface area (Å²) in [5, 5.41) is 0. The van der Waals surface area contributed by atoms with Crippen LogP contribution >= 0.6 is 0 Å². The van der Waals surface area contributed by atoms with E-state index in [-0.39, 0.29) is 5.97 Å². The van der Waals surface area contributed by atoms with Crippen LogP contribution in [0.1, 0.15) is 60.3 Å². The van der Waals surface area contributed by atoms with Gasteiger partial charge >= 0.3 is 5.97 Å². The van der Waals surface area contributed by atoms with E-state index in [4.69, 9.17) is 4.74 Å². The summed E-state index contributed by atoms with van der Waals surface area (Å²) in [6.07, 6.45) is 6.77. The van der Waals surface area contributed by atoms with Crippen LogP contribution < -0.4 is 0 Å². The van der Waals surface area contributed by atoms with E-state index >= 15 is 0 Å². The molecule has 0 saturated heterocycles. The predicted molar refractivity (Wildman–Crippen MR) is 77.7 cm³/mol. The maximum Gasteiger partial charge on any atom is 0.306 e. The predicted octanol–water partition coefficient (Wildman–Crippen LogP) is 4.35. The summed E-state index contributed by atoms with van der Waals surface area (Å²) in [6, 6.07) is 0. The summed E-state index contributed by atoms with van der Waals surface area (Å²) >= 11 is 0. The van der Waals surface area contributed by atoms with Gasteiger partial charge < -0.3 is 4.74 Å². The molecular weight excluding hydrogens is 236 g/mol. The minimum Gasteiger partial charge on any atom is -0.466 e. The summed E-state index contributed by atoms with van der Waals surface area (Å²) in [5.74, 6) is 1.11. The van der Waals surface area contributed by atoms with Crippen molar-refractivity contribution in [3.8, 4) is 0 Å². The number of allylic oxidation sites excluding steroid dienone is 2. The Morgan fingerprint density at radius 1 is 1.42 bits per heavy atom. The van der Waals surface area contributed by atoms with Crippen molar-refractivity contribution in [1.29, 1.82) is 0 Å². The Morgan fingerprint density at radius 2 is 2.11 bits per heavy atom. The fourth-order valence-electron chi connectivity index (χ4n) is 3.64. The van der Waals surface area contributed by atoms with Crippen molar-refractivity contribution < 1.29 is 9.53 Å². The first-order valence-electron chi connectivity index (χ1n) is 7.63. The van der Waals surface area contributed by atoms with E-state index in [9.17, 15) is 4.79 Å². The number of fused-ring (bicyclic) bond motifs is 1. The highest BCUT2D eigenvalue weighted by atomic mass is 16.5. The molecule has 0 bridgehead atoms. The van der Waals surface area contributed by atoms with Gasteiger partial charge in [-0.25, -0.2) is 0 Å². The standard InChI is InChI=1S/C17H28O2/c1-6-19-15(18)7-12(2)13-8-16(3,4)10-14-11-17(14,5)9-13/h9,12,14H,6-8,10-11H2,1-5H3/t12-,14+,17+/m0/s1. The van der Waals surface area contributed by atoms with E-state index in [0.29, 0.717) is 29.8 Å². The van der Waals surface area contributed by atoms with Crippen molar-refractivity contribution in [3.63, 3.8) is 0 Å². The number of carbonyl (C=O) groups is 1. The van der Waals surface area contributed by atoms with E-state index in [1.165, 1.54) is 18.4 Å². The van der Waals surface area contributed by atoms with Crippen molar-refractivity contribution in [2.45, 2.75) is 60.3 Å². The molecule has 0 amide bonds. The minimum atomic E-state index is -0.0598. The molecule has 2 aliphatic carbocycles. The summed E-state index contributed by atoms with van der Waals surface area (Å²) in [7, 11) is 0. The molecule has 2 rings (SSSR count). The maximum absolute atomic E-state index is 11.7. The van der Waals surface area contributed by atoms with Crippen LogP contribution in [0.15, 0.2) is 11.6 Å². The van der Waals surface area contributed by atoms with Crippen molar-refractivity contribution in [1.82, 2.24) is 0 Å². The van der Waals surface area contributed by atoms with Gasteiger partial charge in [0.1, 0.15) is 0 Å². The van der Waals surface area contributed by atoms with E-state index in [2.05, 4.69) is 33.8 Å². The zero-order valence-electron chi connectivity index (χ0n) is 13.1. The highest BCUT2D eigenvalue weighted by Crippen LogP contribution is 2.61. The molecule has 108 valence electrons. The first-order valence-corrected chi connectivity index (χ1v) is 7.63. The van der Waals surface area contributed by atoms with Gasteiger partial charge in [0.2, 0.25) is 0 Å². The van der Waals surface area contributed by atoms with Gasteiger partial charge in [0, 0.05) is 0 Å². The molecule has 0 aromatic carbocycles. The Balaban J connectivity index is 2.08.